The smallest absolute Gasteiger partial charge is 0.254 e. The molecule has 0 aromatic carbocycles. The normalized spacial score (nSPS) is 18.1. The van der Waals surface area contributed by atoms with Crippen molar-refractivity contribution in [1.29, 1.82) is 0 Å². The Morgan fingerprint density at radius 2 is 2.07 bits per heavy atom. The van der Waals surface area contributed by atoms with Crippen LogP contribution < -0.4 is 5.56 Å². The summed E-state index contributed by atoms with van der Waals surface area (Å²) in [4.78, 5) is 12.7. The molecule has 2 aromatic heterocycles. The van der Waals surface area contributed by atoms with Crippen molar-refractivity contribution in [2.24, 2.45) is 13.0 Å². The van der Waals surface area contributed by atoms with Crippen LogP contribution >= 0.6 is 0 Å². The molecule has 0 aliphatic heterocycles. The van der Waals surface area contributed by atoms with Gasteiger partial charge in [-0.3, -0.25) is 4.79 Å². The van der Waals surface area contributed by atoms with Gasteiger partial charge < -0.3 is 14.1 Å². The predicted octanol–water partition coefficient (Wildman–Crippen LogP) is 2.78. The van der Waals surface area contributed by atoms with Gasteiger partial charge in [0.15, 0.2) is 0 Å². The molecule has 146 valence electrons. The SMILES string of the molecule is CC1=C(c2nnc(C(C)C)o2)c2c(C#CC(C)(O)C3CC3)cn(C)c(=O)c2C1. The van der Waals surface area contributed by atoms with Crippen molar-refractivity contribution in [3.8, 4) is 11.8 Å². The molecule has 1 atom stereocenters. The van der Waals surface area contributed by atoms with Crippen LogP contribution in [0.4, 0.5) is 0 Å². The summed E-state index contributed by atoms with van der Waals surface area (Å²) in [5.41, 5.74) is 2.89. The van der Waals surface area contributed by atoms with Crippen LogP contribution in [0.15, 0.2) is 21.0 Å². The number of hydrogen-bond donors (Lipinski definition) is 1. The van der Waals surface area contributed by atoms with Gasteiger partial charge in [-0.2, -0.15) is 0 Å². The molecule has 0 spiro atoms. The number of hydrogen-bond acceptors (Lipinski definition) is 5. The van der Waals surface area contributed by atoms with Gasteiger partial charge in [-0.1, -0.05) is 31.3 Å². The van der Waals surface area contributed by atoms with Gasteiger partial charge in [0, 0.05) is 47.8 Å². The molecule has 0 radical (unpaired) electrons. The number of allylic oxidation sites excluding steroid dienone is 1. The van der Waals surface area contributed by atoms with E-state index in [1.165, 1.54) is 0 Å². The van der Waals surface area contributed by atoms with Gasteiger partial charge in [-0.15, -0.1) is 10.2 Å². The molecule has 28 heavy (non-hydrogen) atoms. The quantitative estimate of drug-likeness (QED) is 0.830. The highest BCUT2D eigenvalue weighted by Crippen LogP contribution is 2.40. The molecule has 0 saturated heterocycles. The van der Waals surface area contributed by atoms with Crippen molar-refractivity contribution in [1.82, 2.24) is 14.8 Å². The van der Waals surface area contributed by atoms with Crippen LogP contribution in [0, 0.1) is 17.8 Å². The van der Waals surface area contributed by atoms with Gasteiger partial charge in [0.2, 0.25) is 11.8 Å². The fourth-order valence-corrected chi connectivity index (χ4v) is 3.71. The Morgan fingerprint density at radius 3 is 2.68 bits per heavy atom. The molecule has 1 saturated carbocycles. The van der Waals surface area contributed by atoms with Crippen LogP contribution in [0.2, 0.25) is 0 Å². The molecule has 2 aliphatic carbocycles. The number of nitrogens with zero attached hydrogens (tertiary/aromatic N) is 3. The van der Waals surface area contributed by atoms with Gasteiger partial charge in [0.1, 0.15) is 5.60 Å². The topological polar surface area (TPSA) is 81.2 Å². The van der Waals surface area contributed by atoms with Crippen molar-refractivity contribution in [2.45, 2.75) is 58.5 Å². The lowest BCUT2D eigenvalue weighted by Crippen LogP contribution is -2.25. The van der Waals surface area contributed by atoms with Crippen LogP contribution in [-0.2, 0) is 13.5 Å². The van der Waals surface area contributed by atoms with Crippen LogP contribution in [0.1, 0.15) is 74.9 Å². The Morgan fingerprint density at radius 1 is 1.36 bits per heavy atom. The van der Waals surface area contributed by atoms with Crippen LogP contribution in [0.5, 0.6) is 0 Å². The summed E-state index contributed by atoms with van der Waals surface area (Å²) >= 11 is 0. The minimum atomic E-state index is -1.02. The van der Waals surface area contributed by atoms with Gasteiger partial charge in [-0.05, 0) is 32.6 Å². The van der Waals surface area contributed by atoms with Crippen molar-refractivity contribution in [3.63, 3.8) is 0 Å². The second kappa shape index (κ2) is 6.46. The molecule has 2 aromatic rings. The number of aliphatic hydroxyl groups is 1. The van der Waals surface area contributed by atoms with E-state index in [-0.39, 0.29) is 17.4 Å². The highest BCUT2D eigenvalue weighted by atomic mass is 16.4. The van der Waals surface area contributed by atoms with E-state index in [0.29, 0.717) is 29.3 Å². The lowest BCUT2D eigenvalue weighted by Gasteiger charge is -2.15. The Balaban J connectivity index is 1.87. The van der Waals surface area contributed by atoms with E-state index in [2.05, 4.69) is 22.0 Å². The zero-order valence-corrected chi connectivity index (χ0v) is 17.0. The van der Waals surface area contributed by atoms with E-state index in [0.717, 1.165) is 29.6 Å². The van der Waals surface area contributed by atoms with E-state index < -0.39 is 5.60 Å². The maximum Gasteiger partial charge on any atom is 0.254 e. The molecule has 0 amide bonds. The minimum Gasteiger partial charge on any atom is -0.420 e. The van der Waals surface area contributed by atoms with Gasteiger partial charge in [0.25, 0.3) is 5.56 Å². The van der Waals surface area contributed by atoms with E-state index in [1.54, 1.807) is 24.7 Å². The second-order valence-electron chi connectivity index (χ2n) is 8.42. The fraction of sp³-hybridized carbons (Fsp3) is 0.500. The number of rotatable bonds is 3. The van der Waals surface area contributed by atoms with Crippen LogP contribution in [-0.4, -0.2) is 25.5 Å². The lowest BCUT2D eigenvalue weighted by atomic mass is 9.98. The Labute approximate surface area is 164 Å². The van der Waals surface area contributed by atoms with Gasteiger partial charge >= 0.3 is 0 Å². The van der Waals surface area contributed by atoms with Crippen LogP contribution in [0.3, 0.4) is 0 Å². The average Bonchev–Trinajstić information content (AvgIpc) is 3.29. The highest BCUT2D eigenvalue weighted by molar-refractivity contribution is 5.86. The molecule has 6 nitrogen and oxygen atoms in total. The first kappa shape index (κ1) is 18.7. The van der Waals surface area contributed by atoms with Gasteiger partial charge in [-0.25, -0.2) is 0 Å². The third kappa shape index (κ3) is 3.10. The first-order valence-electron chi connectivity index (χ1n) is 9.71. The average molecular weight is 379 g/mol. The van der Waals surface area contributed by atoms with Crippen molar-refractivity contribution < 1.29 is 9.52 Å². The summed E-state index contributed by atoms with van der Waals surface area (Å²) in [5.74, 6) is 7.50. The molecule has 1 unspecified atom stereocenters. The maximum absolute atomic E-state index is 12.7. The third-order valence-electron chi connectivity index (χ3n) is 5.56. The zero-order valence-electron chi connectivity index (χ0n) is 17.0. The Kier molecular flexibility index (Phi) is 4.31. The van der Waals surface area contributed by atoms with Crippen LogP contribution in [0.25, 0.3) is 5.57 Å². The van der Waals surface area contributed by atoms with Crippen molar-refractivity contribution >= 4 is 5.57 Å². The Bertz CT molecular complexity index is 1100. The summed E-state index contributed by atoms with van der Waals surface area (Å²) in [6.45, 7) is 7.72. The van der Waals surface area contributed by atoms with E-state index in [1.807, 2.05) is 20.8 Å². The standard InChI is InChI=1S/C22H25N3O3/c1-12(2)19-23-24-20(28-19)17-13(3)10-16-18(17)14(11-25(5)21(16)26)8-9-22(4,27)15-6-7-15/h11-12,15,27H,6-7,10H2,1-5H3. The van der Waals surface area contributed by atoms with Crippen molar-refractivity contribution in [2.75, 3.05) is 0 Å². The minimum absolute atomic E-state index is 0.0487. The first-order valence-corrected chi connectivity index (χ1v) is 9.71. The van der Waals surface area contributed by atoms with E-state index in [9.17, 15) is 9.90 Å². The first-order chi connectivity index (χ1) is 13.2. The Hall–Kier alpha value is -2.65. The number of aryl methyl sites for hydroxylation is 1. The van der Waals surface area contributed by atoms with E-state index >= 15 is 0 Å². The summed E-state index contributed by atoms with van der Waals surface area (Å²) in [5, 5.41) is 19.0. The van der Waals surface area contributed by atoms with E-state index in [4.69, 9.17) is 4.42 Å². The molecule has 2 aliphatic rings. The maximum atomic E-state index is 12.7. The molecular formula is C22H25N3O3. The summed E-state index contributed by atoms with van der Waals surface area (Å²) < 4.78 is 7.44. The summed E-state index contributed by atoms with van der Waals surface area (Å²) in [6.07, 6.45) is 4.26. The number of pyridine rings is 1. The molecule has 2 heterocycles. The molecule has 1 fully saturated rings. The fourth-order valence-electron chi connectivity index (χ4n) is 3.71. The summed E-state index contributed by atoms with van der Waals surface area (Å²) in [6, 6.07) is 0. The second-order valence-corrected chi connectivity index (χ2v) is 8.42. The summed E-state index contributed by atoms with van der Waals surface area (Å²) in [7, 11) is 1.73. The lowest BCUT2D eigenvalue weighted by molar-refractivity contribution is 0.0980. The zero-order chi connectivity index (χ0) is 20.2. The molecule has 6 heteroatoms. The van der Waals surface area contributed by atoms with Crippen molar-refractivity contribution in [3.05, 3.63) is 50.6 Å². The van der Waals surface area contributed by atoms with Gasteiger partial charge in [0.05, 0.1) is 0 Å². The number of fused-ring (bicyclic) bond motifs is 1. The third-order valence-corrected chi connectivity index (χ3v) is 5.56. The molecule has 0 bridgehead atoms. The largest absolute Gasteiger partial charge is 0.420 e. The highest BCUT2D eigenvalue weighted by Gasteiger charge is 2.38. The number of aromatic nitrogens is 3. The molecule has 4 rings (SSSR count). The molecular weight excluding hydrogens is 354 g/mol. The molecule has 1 N–H and O–H groups in total. The monoisotopic (exact) mass is 379 g/mol. The predicted molar refractivity (Wildman–Crippen MR) is 106 cm³/mol.